The van der Waals surface area contributed by atoms with Crippen molar-refractivity contribution in [3.8, 4) is 17.0 Å². The molecule has 0 aliphatic rings. The fourth-order valence-electron chi connectivity index (χ4n) is 1.78. The molecule has 0 saturated heterocycles. The van der Waals surface area contributed by atoms with E-state index in [1.165, 1.54) is 0 Å². The van der Waals surface area contributed by atoms with Crippen LogP contribution in [0.5, 0.6) is 5.88 Å². The smallest absolute Gasteiger partial charge is 0.221 e. The number of pyridine rings is 1. The second kappa shape index (κ2) is 5.01. The molecule has 6 heteroatoms. The zero-order valence-corrected chi connectivity index (χ0v) is 10.5. The third kappa shape index (κ3) is 1.89. The van der Waals surface area contributed by atoms with Crippen LogP contribution in [0.15, 0.2) is 43.0 Å². The van der Waals surface area contributed by atoms with Crippen LogP contribution >= 0.6 is 12.4 Å². The lowest BCUT2D eigenvalue weighted by Gasteiger charge is -2.04. The van der Waals surface area contributed by atoms with E-state index < -0.39 is 0 Å². The van der Waals surface area contributed by atoms with Crippen molar-refractivity contribution in [2.75, 3.05) is 7.11 Å². The predicted molar refractivity (Wildman–Crippen MR) is 70.0 cm³/mol. The molecule has 0 aromatic carbocycles. The van der Waals surface area contributed by atoms with Crippen LogP contribution in [0.3, 0.4) is 0 Å². The van der Waals surface area contributed by atoms with E-state index in [1.807, 2.05) is 24.4 Å². The molecule has 0 atom stereocenters. The summed E-state index contributed by atoms with van der Waals surface area (Å²) < 4.78 is 6.97. The van der Waals surface area contributed by atoms with Gasteiger partial charge in [-0.3, -0.25) is 0 Å². The zero-order chi connectivity index (χ0) is 11.7. The number of fused-ring (bicyclic) bond motifs is 1. The van der Waals surface area contributed by atoms with Crippen LogP contribution in [-0.4, -0.2) is 26.7 Å². The maximum Gasteiger partial charge on any atom is 0.221 e. The Morgan fingerprint density at radius 2 is 1.94 bits per heavy atom. The topological polar surface area (TPSA) is 52.3 Å². The summed E-state index contributed by atoms with van der Waals surface area (Å²) in [7, 11) is 1.60. The second-order valence-electron chi connectivity index (χ2n) is 3.51. The first-order chi connectivity index (χ1) is 8.40. The highest BCUT2D eigenvalue weighted by Gasteiger charge is 2.12. The van der Waals surface area contributed by atoms with Crippen LogP contribution in [0.1, 0.15) is 0 Å². The monoisotopic (exact) mass is 262 g/mol. The summed E-state index contributed by atoms with van der Waals surface area (Å²) >= 11 is 0. The quantitative estimate of drug-likeness (QED) is 0.711. The molecule has 92 valence electrons. The molecule has 0 saturated carbocycles. The van der Waals surface area contributed by atoms with Crippen LogP contribution < -0.4 is 4.74 Å². The van der Waals surface area contributed by atoms with Gasteiger partial charge in [-0.2, -0.15) is 5.10 Å². The number of methoxy groups -OCH3 is 1. The average Bonchev–Trinajstić information content (AvgIpc) is 2.82. The zero-order valence-electron chi connectivity index (χ0n) is 9.65. The summed E-state index contributed by atoms with van der Waals surface area (Å²) in [6.45, 7) is 0. The highest BCUT2D eigenvalue weighted by atomic mass is 35.5. The number of ether oxygens (including phenoxy) is 1. The molecule has 0 N–H and O–H groups in total. The molecule has 0 amide bonds. The summed E-state index contributed by atoms with van der Waals surface area (Å²) in [5.74, 6) is 0.577. The van der Waals surface area contributed by atoms with Gasteiger partial charge in [0, 0.05) is 24.2 Å². The molecule has 0 fully saturated rings. The van der Waals surface area contributed by atoms with Gasteiger partial charge in [0.25, 0.3) is 0 Å². The third-order valence-electron chi connectivity index (χ3n) is 2.53. The van der Waals surface area contributed by atoms with E-state index in [2.05, 4.69) is 15.1 Å². The van der Waals surface area contributed by atoms with E-state index in [0.717, 1.165) is 16.8 Å². The van der Waals surface area contributed by atoms with Crippen molar-refractivity contribution in [2.45, 2.75) is 0 Å². The molecule has 18 heavy (non-hydrogen) atoms. The minimum atomic E-state index is 0. The maximum atomic E-state index is 5.24. The molecular formula is C12H11ClN4O. The minimum absolute atomic E-state index is 0. The van der Waals surface area contributed by atoms with Gasteiger partial charge in [0.2, 0.25) is 5.88 Å². The first kappa shape index (κ1) is 12.3. The van der Waals surface area contributed by atoms with Crippen molar-refractivity contribution < 1.29 is 4.74 Å². The summed E-state index contributed by atoms with van der Waals surface area (Å²) in [5.41, 5.74) is 2.60. The van der Waals surface area contributed by atoms with Crippen molar-refractivity contribution >= 4 is 18.1 Å². The SMILES string of the molecule is COc1ncccc1-c1cnn2cccnc12.Cl. The normalized spacial score (nSPS) is 10.1. The first-order valence-corrected chi connectivity index (χ1v) is 5.18. The van der Waals surface area contributed by atoms with Crippen molar-refractivity contribution in [3.63, 3.8) is 0 Å². The van der Waals surface area contributed by atoms with Gasteiger partial charge in [-0.15, -0.1) is 12.4 Å². The summed E-state index contributed by atoms with van der Waals surface area (Å²) in [4.78, 5) is 8.48. The average molecular weight is 263 g/mol. The van der Waals surface area contributed by atoms with Gasteiger partial charge in [-0.1, -0.05) is 0 Å². The van der Waals surface area contributed by atoms with Crippen LogP contribution in [-0.2, 0) is 0 Å². The number of rotatable bonds is 2. The molecule has 0 unspecified atom stereocenters. The first-order valence-electron chi connectivity index (χ1n) is 5.18. The van der Waals surface area contributed by atoms with E-state index in [4.69, 9.17) is 4.74 Å². The maximum absolute atomic E-state index is 5.24. The lowest BCUT2D eigenvalue weighted by atomic mass is 10.1. The molecule has 0 spiro atoms. The number of hydrogen-bond donors (Lipinski definition) is 0. The summed E-state index contributed by atoms with van der Waals surface area (Å²) in [6.07, 6.45) is 7.06. The number of nitrogens with zero attached hydrogens (tertiary/aromatic N) is 4. The van der Waals surface area contributed by atoms with E-state index in [9.17, 15) is 0 Å². The van der Waals surface area contributed by atoms with Crippen molar-refractivity contribution in [3.05, 3.63) is 43.0 Å². The lowest BCUT2D eigenvalue weighted by Crippen LogP contribution is -1.92. The highest BCUT2D eigenvalue weighted by Crippen LogP contribution is 2.29. The Kier molecular flexibility index (Phi) is 3.43. The van der Waals surface area contributed by atoms with Crippen molar-refractivity contribution in [2.24, 2.45) is 0 Å². The Bertz CT molecular complexity index is 668. The van der Waals surface area contributed by atoms with Crippen LogP contribution in [0.2, 0.25) is 0 Å². The lowest BCUT2D eigenvalue weighted by molar-refractivity contribution is 0.400. The van der Waals surface area contributed by atoms with E-state index in [0.29, 0.717) is 5.88 Å². The standard InChI is InChI=1S/C12H10N4O.ClH/c1-17-12-9(4-2-5-14-12)10-8-15-16-7-3-6-13-11(10)16;/h2-8H,1H3;1H. The molecule has 3 aromatic heterocycles. The fourth-order valence-corrected chi connectivity index (χ4v) is 1.78. The minimum Gasteiger partial charge on any atom is -0.481 e. The number of halogens is 1. The largest absolute Gasteiger partial charge is 0.481 e. The van der Waals surface area contributed by atoms with E-state index in [-0.39, 0.29) is 12.4 Å². The van der Waals surface area contributed by atoms with Gasteiger partial charge in [0.05, 0.1) is 18.9 Å². The van der Waals surface area contributed by atoms with Gasteiger partial charge in [-0.05, 0) is 18.2 Å². The number of aromatic nitrogens is 4. The highest BCUT2D eigenvalue weighted by molar-refractivity contribution is 5.85. The Labute approximate surface area is 110 Å². The van der Waals surface area contributed by atoms with E-state index in [1.54, 1.807) is 30.2 Å². The molecular weight excluding hydrogens is 252 g/mol. The fraction of sp³-hybridized carbons (Fsp3) is 0.0833. The van der Waals surface area contributed by atoms with Crippen LogP contribution in [0, 0.1) is 0 Å². The molecule has 3 heterocycles. The van der Waals surface area contributed by atoms with Crippen molar-refractivity contribution in [1.29, 1.82) is 0 Å². The van der Waals surface area contributed by atoms with Crippen molar-refractivity contribution in [1.82, 2.24) is 19.6 Å². The molecule has 0 aliphatic heterocycles. The van der Waals surface area contributed by atoms with Gasteiger partial charge in [0.1, 0.15) is 0 Å². The second-order valence-corrected chi connectivity index (χ2v) is 3.51. The molecule has 3 aromatic rings. The van der Waals surface area contributed by atoms with Gasteiger partial charge in [-0.25, -0.2) is 14.5 Å². The Balaban J connectivity index is 0.00000120. The Morgan fingerprint density at radius 3 is 2.78 bits per heavy atom. The van der Waals surface area contributed by atoms with E-state index >= 15 is 0 Å². The summed E-state index contributed by atoms with van der Waals surface area (Å²) in [5, 5.41) is 4.24. The Hall–Kier alpha value is -2.14. The van der Waals surface area contributed by atoms with Gasteiger partial charge < -0.3 is 4.74 Å². The van der Waals surface area contributed by atoms with Crippen LogP contribution in [0.4, 0.5) is 0 Å². The molecule has 3 rings (SSSR count). The third-order valence-corrected chi connectivity index (χ3v) is 2.53. The predicted octanol–water partition coefficient (Wildman–Crippen LogP) is 2.22. The molecule has 0 bridgehead atoms. The van der Waals surface area contributed by atoms with Gasteiger partial charge >= 0.3 is 0 Å². The molecule has 5 nitrogen and oxygen atoms in total. The molecule has 0 radical (unpaired) electrons. The number of hydrogen-bond acceptors (Lipinski definition) is 4. The summed E-state index contributed by atoms with van der Waals surface area (Å²) in [6, 6.07) is 5.64. The Morgan fingerprint density at radius 1 is 1.11 bits per heavy atom. The molecule has 0 aliphatic carbocycles. The van der Waals surface area contributed by atoms with Gasteiger partial charge in [0.15, 0.2) is 5.65 Å². The van der Waals surface area contributed by atoms with Crippen LogP contribution in [0.25, 0.3) is 16.8 Å².